The number of ether oxygens (including phenoxy) is 2. The van der Waals surface area contributed by atoms with Gasteiger partial charge >= 0.3 is 13.0 Å². The number of hydrogen-bond acceptors (Lipinski definition) is 3. The van der Waals surface area contributed by atoms with E-state index in [2.05, 4.69) is 22.1 Å². The van der Waals surface area contributed by atoms with E-state index in [0.717, 1.165) is 12.1 Å². The van der Waals surface area contributed by atoms with Crippen molar-refractivity contribution in [2.24, 2.45) is 0 Å². The number of alkyl halides is 5. The summed E-state index contributed by atoms with van der Waals surface area (Å²) in [5.41, 5.74) is 0. The lowest BCUT2D eigenvalue weighted by Gasteiger charge is -2.12. The zero-order valence-electron chi connectivity index (χ0n) is 7.46. The molecule has 1 rings (SSSR count). The third kappa shape index (κ3) is 4.13. The molecule has 0 radical (unpaired) electrons. The third-order valence-corrected chi connectivity index (χ3v) is 1.75. The van der Waals surface area contributed by atoms with Crippen LogP contribution in [0.1, 0.15) is 0 Å². The number of rotatable bonds is 3. The Morgan fingerprint density at radius 1 is 1.19 bits per heavy atom. The summed E-state index contributed by atoms with van der Waals surface area (Å²) >= 11 is 3.68. The van der Waals surface area contributed by atoms with Crippen molar-refractivity contribution in [3.05, 3.63) is 18.2 Å². The van der Waals surface area contributed by atoms with Gasteiger partial charge in [-0.05, 0) is 12.1 Å². The number of benzene rings is 1. The number of thiol groups is 1. The molecule has 0 bridgehead atoms. The zero-order valence-corrected chi connectivity index (χ0v) is 8.36. The molecule has 0 N–H and O–H groups in total. The van der Waals surface area contributed by atoms with Crippen LogP contribution in [0.2, 0.25) is 0 Å². The highest BCUT2D eigenvalue weighted by molar-refractivity contribution is 7.80. The molecule has 0 heterocycles. The van der Waals surface area contributed by atoms with Gasteiger partial charge < -0.3 is 9.47 Å². The van der Waals surface area contributed by atoms with Crippen LogP contribution in [-0.2, 0) is 0 Å². The Hall–Kier alpha value is -1.18. The Bertz CT molecular complexity index is 366. The summed E-state index contributed by atoms with van der Waals surface area (Å²) in [6.45, 7) is -3.12. The van der Waals surface area contributed by atoms with E-state index < -0.39 is 24.5 Å². The standard InChI is InChI=1S/C8H5F5O2S/c9-7(10)14-4-1-2-6(16)5(3-4)15-8(11,12)13/h1-3,7,16H. The van der Waals surface area contributed by atoms with E-state index in [0.29, 0.717) is 6.07 Å². The van der Waals surface area contributed by atoms with Crippen LogP contribution in [0.25, 0.3) is 0 Å². The molecule has 0 aliphatic heterocycles. The van der Waals surface area contributed by atoms with Gasteiger partial charge in [0.05, 0.1) is 0 Å². The molecule has 0 amide bonds. The highest BCUT2D eigenvalue weighted by Crippen LogP contribution is 2.32. The van der Waals surface area contributed by atoms with Crippen LogP contribution in [0.3, 0.4) is 0 Å². The molecule has 1 aromatic rings. The van der Waals surface area contributed by atoms with Crippen molar-refractivity contribution < 1.29 is 31.4 Å². The normalized spacial score (nSPS) is 11.7. The fourth-order valence-electron chi connectivity index (χ4n) is 0.877. The molecule has 0 spiro atoms. The largest absolute Gasteiger partial charge is 0.573 e. The Labute approximate surface area is 92.4 Å². The first-order chi connectivity index (χ1) is 7.28. The Kier molecular flexibility index (Phi) is 3.84. The van der Waals surface area contributed by atoms with Crippen LogP contribution in [-0.4, -0.2) is 13.0 Å². The molecule has 0 saturated carbocycles. The minimum atomic E-state index is -4.92. The molecule has 90 valence electrons. The minimum absolute atomic E-state index is 0.140. The number of hydrogen-bond donors (Lipinski definition) is 1. The maximum absolute atomic E-state index is 11.9. The van der Waals surface area contributed by atoms with E-state index >= 15 is 0 Å². The van der Waals surface area contributed by atoms with Crippen LogP contribution >= 0.6 is 12.6 Å². The van der Waals surface area contributed by atoms with Crippen LogP contribution < -0.4 is 9.47 Å². The molecular formula is C8H5F5O2S. The van der Waals surface area contributed by atoms with E-state index in [-0.39, 0.29) is 4.90 Å². The fourth-order valence-corrected chi connectivity index (χ4v) is 1.06. The quantitative estimate of drug-likeness (QED) is 0.662. The van der Waals surface area contributed by atoms with Gasteiger partial charge in [0, 0.05) is 11.0 Å². The molecule has 0 fully saturated rings. The molecular weight excluding hydrogens is 255 g/mol. The minimum Gasteiger partial charge on any atom is -0.435 e. The maximum atomic E-state index is 11.9. The second-order valence-corrected chi connectivity index (χ2v) is 3.04. The molecule has 0 aromatic heterocycles. The van der Waals surface area contributed by atoms with E-state index in [1.807, 2.05) is 0 Å². The van der Waals surface area contributed by atoms with Crippen LogP contribution in [0.5, 0.6) is 11.5 Å². The maximum Gasteiger partial charge on any atom is 0.573 e. The first-order valence-corrected chi connectivity index (χ1v) is 4.26. The smallest absolute Gasteiger partial charge is 0.435 e. The monoisotopic (exact) mass is 260 g/mol. The predicted molar refractivity (Wildman–Crippen MR) is 47.0 cm³/mol. The van der Waals surface area contributed by atoms with E-state index in [1.54, 1.807) is 0 Å². The SMILES string of the molecule is FC(F)Oc1ccc(S)c(OC(F)(F)F)c1. The molecule has 0 saturated heterocycles. The Balaban J connectivity index is 2.90. The van der Waals surface area contributed by atoms with Gasteiger partial charge in [0.1, 0.15) is 11.5 Å². The van der Waals surface area contributed by atoms with Crippen molar-refractivity contribution >= 4 is 12.6 Å². The zero-order chi connectivity index (χ0) is 12.3. The summed E-state index contributed by atoms with van der Waals surface area (Å²) in [5, 5.41) is 0. The second-order valence-electron chi connectivity index (χ2n) is 2.56. The average molecular weight is 260 g/mol. The molecule has 2 nitrogen and oxygen atoms in total. The van der Waals surface area contributed by atoms with Crippen molar-refractivity contribution in [1.29, 1.82) is 0 Å². The summed E-state index contributed by atoms with van der Waals surface area (Å²) in [5.74, 6) is -1.14. The molecule has 16 heavy (non-hydrogen) atoms. The Morgan fingerprint density at radius 3 is 2.31 bits per heavy atom. The summed E-state index contributed by atoms with van der Waals surface area (Å²) < 4.78 is 66.6. The van der Waals surface area contributed by atoms with Crippen LogP contribution in [0.4, 0.5) is 22.0 Å². The highest BCUT2D eigenvalue weighted by Gasteiger charge is 2.32. The lowest BCUT2D eigenvalue weighted by molar-refractivity contribution is -0.275. The van der Waals surface area contributed by atoms with E-state index in [9.17, 15) is 22.0 Å². The summed E-state index contributed by atoms with van der Waals surface area (Å²) in [6.07, 6.45) is -4.92. The average Bonchev–Trinajstić information content (AvgIpc) is 2.07. The van der Waals surface area contributed by atoms with E-state index in [1.165, 1.54) is 0 Å². The van der Waals surface area contributed by atoms with Gasteiger partial charge in [0.15, 0.2) is 0 Å². The number of halogens is 5. The lowest BCUT2D eigenvalue weighted by atomic mass is 10.3. The van der Waals surface area contributed by atoms with Crippen molar-refractivity contribution in [3.8, 4) is 11.5 Å². The van der Waals surface area contributed by atoms with Crippen molar-refractivity contribution in [2.75, 3.05) is 0 Å². The Morgan fingerprint density at radius 2 is 1.81 bits per heavy atom. The molecule has 0 unspecified atom stereocenters. The fraction of sp³-hybridized carbons (Fsp3) is 0.250. The summed E-state index contributed by atoms with van der Waals surface area (Å²) in [4.78, 5) is -0.140. The van der Waals surface area contributed by atoms with Gasteiger partial charge in [-0.2, -0.15) is 8.78 Å². The summed E-state index contributed by atoms with van der Waals surface area (Å²) in [7, 11) is 0. The topological polar surface area (TPSA) is 18.5 Å². The van der Waals surface area contributed by atoms with Gasteiger partial charge in [-0.3, -0.25) is 0 Å². The third-order valence-electron chi connectivity index (χ3n) is 1.38. The highest BCUT2D eigenvalue weighted by atomic mass is 32.1. The van der Waals surface area contributed by atoms with Crippen LogP contribution in [0, 0.1) is 0 Å². The first kappa shape index (κ1) is 12.9. The predicted octanol–water partition coefficient (Wildman–Crippen LogP) is 3.48. The second kappa shape index (κ2) is 4.77. The first-order valence-electron chi connectivity index (χ1n) is 3.81. The van der Waals surface area contributed by atoms with E-state index in [4.69, 9.17) is 0 Å². The van der Waals surface area contributed by atoms with Crippen LogP contribution in [0.15, 0.2) is 23.1 Å². The van der Waals surface area contributed by atoms with Gasteiger partial charge in [-0.1, -0.05) is 0 Å². The van der Waals surface area contributed by atoms with Crippen molar-refractivity contribution in [2.45, 2.75) is 17.9 Å². The molecule has 0 atom stereocenters. The van der Waals surface area contributed by atoms with Crippen molar-refractivity contribution in [3.63, 3.8) is 0 Å². The molecule has 0 aliphatic carbocycles. The van der Waals surface area contributed by atoms with Gasteiger partial charge in [-0.15, -0.1) is 25.8 Å². The molecule has 1 aromatic carbocycles. The lowest BCUT2D eigenvalue weighted by Crippen LogP contribution is -2.17. The van der Waals surface area contributed by atoms with Gasteiger partial charge in [0.25, 0.3) is 0 Å². The van der Waals surface area contributed by atoms with Crippen molar-refractivity contribution in [1.82, 2.24) is 0 Å². The summed E-state index contributed by atoms with van der Waals surface area (Å²) in [6, 6.07) is 2.79. The molecule has 0 aliphatic rings. The van der Waals surface area contributed by atoms with Gasteiger partial charge in [0.2, 0.25) is 0 Å². The molecule has 8 heteroatoms. The van der Waals surface area contributed by atoms with Gasteiger partial charge in [-0.25, -0.2) is 0 Å².